The number of nitrogens with one attached hydrogen (secondary N) is 1. The summed E-state index contributed by atoms with van der Waals surface area (Å²) in [5, 5.41) is 16.7. The van der Waals surface area contributed by atoms with Gasteiger partial charge in [-0.3, -0.25) is 9.48 Å². The predicted octanol–water partition coefficient (Wildman–Crippen LogP) is 1.87. The van der Waals surface area contributed by atoms with Crippen molar-refractivity contribution in [3.63, 3.8) is 0 Å². The summed E-state index contributed by atoms with van der Waals surface area (Å²) in [7, 11) is 1.77. The zero-order chi connectivity index (χ0) is 14.7. The molecule has 0 aliphatic carbocycles. The number of rotatable bonds is 4. The Morgan fingerprint density at radius 1 is 1.24 bits per heavy atom. The van der Waals surface area contributed by atoms with E-state index in [4.69, 9.17) is 0 Å². The molecule has 3 aromatic rings. The average molecular weight is 299 g/mol. The second-order valence-corrected chi connectivity index (χ2v) is 5.49. The van der Waals surface area contributed by atoms with Crippen LogP contribution in [0.4, 0.5) is 0 Å². The number of hydrogen-bond donors (Lipinski definition) is 1. The number of benzene rings is 1. The maximum absolute atomic E-state index is 11.9. The van der Waals surface area contributed by atoms with E-state index in [-0.39, 0.29) is 5.91 Å². The fraction of sp³-hybridized carbons (Fsp3) is 0.143. The largest absolute Gasteiger partial charge is 0.344 e. The van der Waals surface area contributed by atoms with Gasteiger partial charge in [0.05, 0.1) is 6.54 Å². The van der Waals surface area contributed by atoms with E-state index < -0.39 is 0 Å². The molecule has 0 saturated heterocycles. The monoisotopic (exact) mass is 299 g/mol. The van der Waals surface area contributed by atoms with Gasteiger partial charge in [-0.2, -0.15) is 5.10 Å². The number of aryl methyl sites for hydroxylation is 1. The van der Waals surface area contributed by atoms with Crippen LogP contribution in [0.3, 0.4) is 0 Å². The molecule has 0 saturated carbocycles. The minimum Gasteiger partial charge on any atom is -0.344 e. The molecule has 0 unspecified atom stereocenters. The van der Waals surface area contributed by atoms with Crippen LogP contribution in [0.15, 0.2) is 42.6 Å². The number of nitrogens with zero attached hydrogens (tertiary/aromatic N) is 4. The third-order valence-corrected chi connectivity index (χ3v) is 3.81. The van der Waals surface area contributed by atoms with Crippen LogP contribution in [-0.4, -0.2) is 25.9 Å². The summed E-state index contributed by atoms with van der Waals surface area (Å²) in [6.07, 6.45) is 1.73. The van der Waals surface area contributed by atoms with Crippen molar-refractivity contribution in [3.05, 3.63) is 53.3 Å². The molecule has 106 valence electrons. The average Bonchev–Trinajstić information content (AvgIpc) is 3.15. The van der Waals surface area contributed by atoms with Crippen LogP contribution in [0.5, 0.6) is 0 Å². The Morgan fingerprint density at radius 2 is 2.05 bits per heavy atom. The summed E-state index contributed by atoms with van der Waals surface area (Å²) >= 11 is 1.47. The molecule has 1 aromatic carbocycles. The first-order valence-electron chi connectivity index (χ1n) is 6.38. The fourth-order valence-corrected chi connectivity index (χ4v) is 2.59. The lowest BCUT2D eigenvalue weighted by Crippen LogP contribution is -2.23. The summed E-state index contributed by atoms with van der Waals surface area (Å²) in [6.45, 7) is 0.347. The second-order valence-electron chi connectivity index (χ2n) is 4.42. The highest BCUT2D eigenvalue weighted by Crippen LogP contribution is 2.22. The van der Waals surface area contributed by atoms with Gasteiger partial charge in [-0.25, -0.2) is 0 Å². The second kappa shape index (κ2) is 5.84. The molecule has 3 rings (SSSR count). The third-order valence-electron chi connectivity index (χ3n) is 2.83. The van der Waals surface area contributed by atoms with Gasteiger partial charge in [-0.15, -0.1) is 10.2 Å². The molecule has 0 aliphatic heterocycles. The molecule has 0 atom stereocenters. The van der Waals surface area contributed by atoms with Crippen molar-refractivity contribution in [1.82, 2.24) is 25.3 Å². The van der Waals surface area contributed by atoms with Gasteiger partial charge < -0.3 is 5.32 Å². The Bertz CT molecular complexity index is 750. The zero-order valence-electron chi connectivity index (χ0n) is 11.4. The van der Waals surface area contributed by atoms with E-state index in [1.54, 1.807) is 24.0 Å². The lowest BCUT2D eigenvalue weighted by atomic mass is 10.2. The van der Waals surface area contributed by atoms with Gasteiger partial charge in [-0.1, -0.05) is 41.7 Å². The fourth-order valence-electron chi connectivity index (χ4n) is 1.81. The molecule has 1 amide bonds. The highest BCUT2D eigenvalue weighted by molar-refractivity contribution is 7.14. The van der Waals surface area contributed by atoms with Crippen LogP contribution in [0.2, 0.25) is 0 Å². The SMILES string of the molecule is Cn1ccc(C(=O)NCc2nnc(-c3ccccc3)s2)n1. The summed E-state index contributed by atoms with van der Waals surface area (Å²) in [5.41, 5.74) is 1.42. The van der Waals surface area contributed by atoms with Crippen molar-refractivity contribution in [2.24, 2.45) is 7.05 Å². The lowest BCUT2D eigenvalue weighted by Gasteiger charge is -1.98. The van der Waals surface area contributed by atoms with Crippen LogP contribution in [-0.2, 0) is 13.6 Å². The molecule has 2 aromatic heterocycles. The maximum atomic E-state index is 11.9. The quantitative estimate of drug-likeness (QED) is 0.798. The molecule has 7 heteroatoms. The first kappa shape index (κ1) is 13.4. The van der Waals surface area contributed by atoms with Crippen molar-refractivity contribution in [3.8, 4) is 10.6 Å². The third kappa shape index (κ3) is 3.14. The number of carbonyl (C=O) groups is 1. The topological polar surface area (TPSA) is 72.7 Å². The van der Waals surface area contributed by atoms with Gasteiger partial charge in [0.1, 0.15) is 15.7 Å². The van der Waals surface area contributed by atoms with Crippen LogP contribution < -0.4 is 5.32 Å². The van der Waals surface area contributed by atoms with Crippen molar-refractivity contribution >= 4 is 17.2 Å². The molecular weight excluding hydrogens is 286 g/mol. The lowest BCUT2D eigenvalue weighted by molar-refractivity contribution is 0.0945. The predicted molar refractivity (Wildman–Crippen MR) is 79.7 cm³/mol. The molecule has 0 radical (unpaired) electrons. The Hall–Kier alpha value is -2.54. The van der Waals surface area contributed by atoms with Gasteiger partial charge in [-0.05, 0) is 6.07 Å². The highest BCUT2D eigenvalue weighted by Gasteiger charge is 2.11. The first-order valence-corrected chi connectivity index (χ1v) is 7.19. The van der Waals surface area contributed by atoms with E-state index in [0.29, 0.717) is 12.2 Å². The highest BCUT2D eigenvalue weighted by atomic mass is 32.1. The molecule has 0 spiro atoms. The van der Waals surface area contributed by atoms with E-state index in [0.717, 1.165) is 15.6 Å². The summed E-state index contributed by atoms with van der Waals surface area (Å²) in [5.74, 6) is -0.216. The van der Waals surface area contributed by atoms with E-state index in [2.05, 4.69) is 20.6 Å². The number of carbonyl (C=O) groups excluding carboxylic acids is 1. The van der Waals surface area contributed by atoms with E-state index in [1.807, 2.05) is 30.3 Å². The van der Waals surface area contributed by atoms with Crippen molar-refractivity contribution in [1.29, 1.82) is 0 Å². The van der Waals surface area contributed by atoms with Crippen LogP contribution in [0, 0.1) is 0 Å². The van der Waals surface area contributed by atoms with Gasteiger partial charge in [0, 0.05) is 18.8 Å². The molecule has 0 fully saturated rings. The molecule has 1 N–H and O–H groups in total. The number of amides is 1. The van der Waals surface area contributed by atoms with Gasteiger partial charge >= 0.3 is 0 Å². The van der Waals surface area contributed by atoms with E-state index >= 15 is 0 Å². The van der Waals surface area contributed by atoms with Gasteiger partial charge in [0.2, 0.25) is 0 Å². The molecule has 0 aliphatic rings. The molecular formula is C14H13N5OS. The Morgan fingerprint density at radius 3 is 2.76 bits per heavy atom. The standard InChI is InChI=1S/C14H13N5OS/c1-19-8-7-11(18-19)13(20)15-9-12-16-17-14(21-12)10-5-3-2-4-6-10/h2-8H,9H2,1H3,(H,15,20). The van der Waals surface area contributed by atoms with Crippen LogP contribution in [0.1, 0.15) is 15.5 Å². The zero-order valence-corrected chi connectivity index (χ0v) is 12.2. The molecule has 6 nitrogen and oxygen atoms in total. The first-order chi connectivity index (χ1) is 10.2. The normalized spacial score (nSPS) is 10.5. The van der Waals surface area contributed by atoms with Crippen LogP contribution in [0.25, 0.3) is 10.6 Å². The van der Waals surface area contributed by atoms with E-state index in [9.17, 15) is 4.79 Å². The minimum atomic E-state index is -0.216. The van der Waals surface area contributed by atoms with Crippen molar-refractivity contribution in [2.75, 3.05) is 0 Å². The molecule has 21 heavy (non-hydrogen) atoms. The summed E-state index contributed by atoms with van der Waals surface area (Å²) in [4.78, 5) is 11.9. The Balaban J connectivity index is 1.64. The maximum Gasteiger partial charge on any atom is 0.272 e. The van der Waals surface area contributed by atoms with Gasteiger partial charge in [0.25, 0.3) is 5.91 Å². The number of aromatic nitrogens is 4. The van der Waals surface area contributed by atoms with Gasteiger partial charge in [0.15, 0.2) is 0 Å². The van der Waals surface area contributed by atoms with Crippen LogP contribution >= 0.6 is 11.3 Å². The summed E-state index contributed by atoms with van der Waals surface area (Å²) in [6, 6.07) is 11.5. The Labute approximate surface area is 125 Å². The Kier molecular flexibility index (Phi) is 3.74. The van der Waals surface area contributed by atoms with E-state index in [1.165, 1.54) is 11.3 Å². The summed E-state index contributed by atoms with van der Waals surface area (Å²) < 4.78 is 1.59. The smallest absolute Gasteiger partial charge is 0.272 e. The van der Waals surface area contributed by atoms with Crippen molar-refractivity contribution in [2.45, 2.75) is 6.54 Å². The minimum absolute atomic E-state index is 0.216. The molecule has 2 heterocycles. The molecule has 0 bridgehead atoms. The number of hydrogen-bond acceptors (Lipinski definition) is 5. The van der Waals surface area contributed by atoms with Crippen molar-refractivity contribution < 1.29 is 4.79 Å².